The van der Waals surface area contributed by atoms with Gasteiger partial charge in [0.15, 0.2) is 11.5 Å². The highest BCUT2D eigenvalue weighted by atomic mass is 16.5. The zero-order valence-electron chi connectivity index (χ0n) is 10.7. The molecule has 0 aliphatic carbocycles. The van der Waals surface area contributed by atoms with Crippen LogP contribution in [0.15, 0.2) is 30.6 Å². The van der Waals surface area contributed by atoms with Crippen LogP contribution in [0.3, 0.4) is 0 Å². The third-order valence-electron chi connectivity index (χ3n) is 2.46. The number of aromatic nitrogens is 2. The number of hydrogen-bond donors (Lipinski definition) is 2. The fourth-order valence-corrected chi connectivity index (χ4v) is 1.55. The Hall–Kier alpha value is -2.63. The summed E-state index contributed by atoms with van der Waals surface area (Å²) < 4.78 is 4.62. The molecule has 6 heteroatoms. The maximum atomic E-state index is 11.4. The van der Waals surface area contributed by atoms with Gasteiger partial charge in [-0.25, -0.2) is 9.78 Å². The quantitative estimate of drug-likeness (QED) is 0.817. The van der Waals surface area contributed by atoms with Gasteiger partial charge >= 0.3 is 5.97 Å². The second-order valence-corrected chi connectivity index (χ2v) is 4.00. The van der Waals surface area contributed by atoms with Crippen LogP contribution in [-0.4, -0.2) is 23.0 Å². The monoisotopic (exact) mass is 258 g/mol. The predicted octanol–water partition coefficient (Wildman–Crippen LogP) is 1.90. The number of hydrogen-bond acceptors (Lipinski definition) is 6. The van der Waals surface area contributed by atoms with Crippen molar-refractivity contribution in [2.45, 2.75) is 6.92 Å². The second kappa shape index (κ2) is 5.34. The Kier molecular flexibility index (Phi) is 3.61. The molecule has 0 bridgehead atoms. The first-order valence-electron chi connectivity index (χ1n) is 5.63. The number of carbonyl (C=O) groups excluding carboxylic acids is 1. The third kappa shape index (κ3) is 2.98. The van der Waals surface area contributed by atoms with Crippen LogP contribution < -0.4 is 11.1 Å². The molecule has 19 heavy (non-hydrogen) atoms. The first-order valence-corrected chi connectivity index (χ1v) is 5.63. The van der Waals surface area contributed by atoms with E-state index in [1.807, 2.05) is 13.0 Å². The van der Waals surface area contributed by atoms with Crippen molar-refractivity contribution in [2.24, 2.45) is 0 Å². The average molecular weight is 258 g/mol. The van der Waals surface area contributed by atoms with Gasteiger partial charge in [-0.2, -0.15) is 0 Å². The minimum atomic E-state index is -0.509. The smallest absolute Gasteiger partial charge is 0.356 e. The van der Waals surface area contributed by atoms with Crippen LogP contribution in [0.2, 0.25) is 0 Å². The topological polar surface area (TPSA) is 90.1 Å². The summed E-state index contributed by atoms with van der Waals surface area (Å²) in [5.74, 6) is -0.110. The van der Waals surface area contributed by atoms with E-state index in [1.165, 1.54) is 13.2 Å². The molecule has 0 radical (unpaired) electrons. The number of esters is 1. The number of rotatable bonds is 3. The average Bonchev–Trinajstić information content (AvgIpc) is 2.40. The number of nitrogens with two attached hydrogens (primary N) is 1. The van der Waals surface area contributed by atoms with E-state index in [0.717, 1.165) is 11.3 Å². The van der Waals surface area contributed by atoms with Crippen molar-refractivity contribution in [3.63, 3.8) is 0 Å². The number of nitrogens with zero attached hydrogens (tertiary/aromatic N) is 2. The molecule has 2 rings (SSSR count). The Morgan fingerprint density at radius 2 is 2.16 bits per heavy atom. The third-order valence-corrected chi connectivity index (χ3v) is 2.46. The number of nitrogen functional groups attached to an aromatic ring is 1. The predicted molar refractivity (Wildman–Crippen MR) is 72.2 cm³/mol. The van der Waals surface area contributed by atoms with Gasteiger partial charge in [0.1, 0.15) is 0 Å². The molecule has 6 nitrogen and oxygen atoms in total. The molecule has 0 atom stereocenters. The number of anilines is 3. The van der Waals surface area contributed by atoms with Gasteiger partial charge in [-0.15, -0.1) is 0 Å². The van der Waals surface area contributed by atoms with Crippen LogP contribution >= 0.6 is 0 Å². The Bertz CT molecular complexity index is 613. The van der Waals surface area contributed by atoms with Crippen molar-refractivity contribution in [3.8, 4) is 0 Å². The van der Waals surface area contributed by atoms with Gasteiger partial charge in [-0.05, 0) is 30.7 Å². The lowest BCUT2D eigenvalue weighted by Gasteiger charge is -2.09. The van der Waals surface area contributed by atoms with Crippen molar-refractivity contribution >= 4 is 23.2 Å². The molecule has 0 spiro atoms. The van der Waals surface area contributed by atoms with E-state index in [1.54, 1.807) is 18.5 Å². The fourth-order valence-electron chi connectivity index (χ4n) is 1.55. The summed E-state index contributed by atoms with van der Waals surface area (Å²) in [5.41, 5.74) is 8.21. The summed E-state index contributed by atoms with van der Waals surface area (Å²) in [5, 5.41) is 3.03. The highest BCUT2D eigenvalue weighted by Crippen LogP contribution is 2.21. The van der Waals surface area contributed by atoms with Crippen molar-refractivity contribution < 1.29 is 9.53 Å². The Balaban J connectivity index is 2.31. The number of methoxy groups -OCH3 is 1. The van der Waals surface area contributed by atoms with E-state index in [9.17, 15) is 4.79 Å². The molecule has 0 saturated carbocycles. The SMILES string of the molecule is COC(=O)c1ccc(N)c(Nc2cncc(C)c2)n1. The van der Waals surface area contributed by atoms with Gasteiger partial charge in [-0.1, -0.05) is 0 Å². The summed E-state index contributed by atoms with van der Waals surface area (Å²) in [4.78, 5) is 19.6. The minimum Gasteiger partial charge on any atom is -0.464 e. The van der Waals surface area contributed by atoms with E-state index in [2.05, 4.69) is 20.0 Å². The molecule has 2 aromatic heterocycles. The van der Waals surface area contributed by atoms with E-state index in [-0.39, 0.29) is 5.69 Å². The Labute approximate surface area is 110 Å². The normalized spacial score (nSPS) is 10.0. The molecule has 0 aromatic carbocycles. The Morgan fingerprint density at radius 1 is 1.37 bits per heavy atom. The van der Waals surface area contributed by atoms with Crippen LogP contribution in [0.5, 0.6) is 0 Å². The first kappa shape index (κ1) is 12.8. The number of carbonyl (C=O) groups is 1. The molecule has 0 amide bonds. The number of aryl methyl sites for hydroxylation is 1. The largest absolute Gasteiger partial charge is 0.464 e. The summed E-state index contributed by atoms with van der Waals surface area (Å²) >= 11 is 0. The van der Waals surface area contributed by atoms with Gasteiger partial charge in [0.05, 0.1) is 24.7 Å². The van der Waals surface area contributed by atoms with Crippen LogP contribution in [-0.2, 0) is 4.74 Å². The van der Waals surface area contributed by atoms with Gasteiger partial charge < -0.3 is 15.8 Å². The molecule has 0 fully saturated rings. The zero-order chi connectivity index (χ0) is 13.8. The lowest BCUT2D eigenvalue weighted by molar-refractivity contribution is 0.0594. The van der Waals surface area contributed by atoms with Gasteiger partial charge in [0.2, 0.25) is 0 Å². The highest BCUT2D eigenvalue weighted by molar-refractivity contribution is 5.88. The van der Waals surface area contributed by atoms with E-state index in [4.69, 9.17) is 5.73 Å². The van der Waals surface area contributed by atoms with Crippen molar-refractivity contribution in [1.29, 1.82) is 0 Å². The molecule has 0 aliphatic heterocycles. The van der Waals surface area contributed by atoms with Gasteiger partial charge in [-0.3, -0.25) is 4.98 Å². The van der Waals surface area contributed by atoms with Crippen LogP contribution in [0.1, 0.15) is 16.1 Å². The summed E-state index contributed by atoms with van der Waals surface area (Å²) in [6, 6.07) is 5.02. The number of nitrogens with one attached hydrogen (secondary N) is 1. The summed E-state index contributed by atoms with van der Waals surface area (Å²) in [6.45, 7) is 1.93. The van der Waals surface area contributed by atoms with Crippen LogP contribution in [0.25, 0.3) is 0 Å². The molecule has 2 heterocycles. The molecule has 0 saturated heterocycles. The van der Waals surface area contributed by atoms with Gasteiger partial charge in [0.25, 0.3) is 0 Å². The fraction of sp³-hybridized carbons (Fsp3) is 0.154. The zero-order valence-corrected chi connectivity index (χ0v) is 10.7. The van der Waals surface area contributed by atoms with Gasteiger partial charge in [0, 0.05) is 6.20 Å². The lowest BCUT2D eigenvalue weighted by atomic mass is 10.3. The molecule has 3 N–H and O–H groups in total. The second-order valence-electron chi connectivity index (χ2n) is 4.00. The summed E-state index contributed by atoms with van der Waals surface area (Å²) in [6.07, 6.45) is 3.39. The molecular formula is C13H14N4O2. The molecular weight excluding hydrogens is 244 g/mol. The maximum Gasteiger partial charge on any atom is 0.356 e. The van der Waals surface area contributed by atoms with Crippen LogP contribution in [0, 0.1) is 6.92 Å². The molecule has 2 aromatic rings. The van der Waals surface area contributed by atoms with Crippen molar-refractivity contribution in [3.05, 3.63) is 41.9 Å². The number of ether oxygens (including phenoxy) is 1. The van der Waals surface area contributed by atoms with Crippen molar-refractivity contribution in [1.82, 2.24) is 9.97 Å². The molecule has 98 valence electrons. The standard InChI is InChI=1S/C13H14N4O2/c1-8-5-9(7-15-6-8)16-12-10(14)3-4-11(17-12)13(18)19-2/h3-7H,14H2,1-2H3,(H,16,17). The van der Waals surface area contributed by atoms with E-state index >= 15 is 0 Å². The minimum absolute atomic E-state index is 0.194. The molecule has 0 aliphatic rings. The lowest BCUT2D eigenvalue weighted by Crippen LogP contribution is -2.08. The molecule has 0 unspecified atom stereocenters. The van der Waals surface area contributed by atoms with Crippen LogP contribution in [0.4, 0.5) is 17.2 Å². The van der Waals surface area contributed by atoms with E-state index < -0.39 is 5.97 Å². The summed E-state index contributed by atoms with van der Waals surface area (Å²) in [7, 11) is 1.30. The first-order chi connectivity index (χ1) is 9.10. The number of pyridine rings is 2. The maximum absolute atomic E-state index is 11.4. The Morgan fingerprint density at radius 3 is 2.84 bits per heavy atom. The highest BCUT2D eigenvalue weighted by Gasteiger charge is 2.10. The van der Waals surface area contributed by atoms with E-state index in [0.29, 0.717) is 11.5 Å². The van der Waals surface area contributed by atoms with Crippen molar-refractivity contribution in [2.75, 3.05) is 18.2 Å².